The summed E-state index contributed by atoms with van der Waals surface area (Å²) in [6.45, 7) is 29.4. The van der Waals surface area contributed by atoms with E-state index >= 15 is 0 Å². The summed E-state index contributed by atoms with van der Waals surface area (Å²) in [4.78, 5) is 8.39. The van der Waals surface area contributed by atoms with Crippen molar-refractivity contribution < 1.29 is 0 Å². The molecule has 4 heteroatoms. The lowest BCUT2D eigenvalue weighted by atomic mass is 9.71. The maximum atomic E-state index is 3.96. The third-order valence-electron chi connectivity index (χ3n) is 10.0. The van der Waals surface area contributed by atoms with Gasteiger partial charge in [-0.15, -0.1) is 0 Å². The Bertz CT molecular complexity index is 623. The molecule has 0 aliphatic carbocycles. The minimum Gasteiger partial charge on any atom is -0.307 e. The molecule has 194 valence electrons. The highest BCUT2D eigenvalue weighted by Gasteiger charge is 2.53. The number of nitrogens with zero attached hydrogens (tertiary/aromatic N) is 3. The summed E-state index contributed by atoms with van der Waals surface area (Å²) in [6.07, 6.45) is 7.49. The molecule has 0 bridgehead atoms. The number of likely N-dealkylation sites (tertiary alicyclic amines) is 2. The molecule has 0 radical (unpaired) electrons. The van der Waals surface area contributed by atoms with E-state index in [-0.39, 0.29) is 33.2 Å². The van der Waals surface area contributed by atoms with E-state index in [1.807, 2.05) is 0 Å². The Morgan fingerprint density at radius 2 is 0.727 bits per heavy atom. The highest BCUT2D eigenvalue weighted by molar-refractivity contribution is 5.10. The summed E-state index contributed by atoms with van der Waals surface area (Å²) in [5, 5.41) is 3.96. The second kappa shape index (κ2) is 8.18. The second-order valence-corrected chi connectivity index (χ2v) is 15.9. The Kier molecular flexibility index (Phi) is 6.80. The van der Waals surface area contributed by atoms with Crippen molar-refractivity contribution in [2.45, 2.75) is 173 Å². The van der Waals surface area contributed by atoms with Gasteiger partial charge < -0.3 is 5.32 Å². The Morgan fingerprint density at radius 1 is 0.485 bits per heavy atom. The van der Waals surface area contributed by atoms with Crippen molar-refractivity contribution in [3.8, 4) is 0 Å². The van der Waals surface area contributed by atoms with E-state index in [9.17, 15) is 0 Å². The number of hydrogen-bond donors (Lipinski definition) is 1. The van der Waals surface area contributed by atoms with Crippen LogP contribution in [-0.4, -0.2) is 80.2 Å². The van der Waals surface area contributed by atoms with Crippen molar-refractivity contribution in [2.75, 3.05) is 14.1 Å². The second-order valence-electron chi connectivity index (χ2n) is 15.9. The van der Waals surface area contributed by atoms with Crippen LogP contribution >= 0.6 is 0 Å². The van der Waals surface area contributed by atoms with Crippen LogP contribution < -0.4 is 5.32 Å². The molecule has 33 heavy (non-hydrogen) atoms. The highest BCUT2D eigenvalue weighted by Crippen LogP contribution is 2.47. The average molecular weight is 463 g/mol. The summed E-state index contributed by atoms with van der Waals surface area (Å²) in [6, 6.07) is 1.87. The van der Waals surface area contributed by atoms with Gasteiger partial charge in [-0.1, -0.05) is 0 Å². The summed E-state index contributed by atoms with van der Waals surface area (Å²) in [5.41, 5.74) is 1.16. The summed E-state index contributed by atoms with van der Waals surface area (Å²) >= 11 is 0. The molecule has 3 aliphatic heterocycles. The van der Waals surface area contributed by atoms with Gasteiger partial charge in [-0.25, -0.2) is 0 Å². The topological polar surface area (TPSA) is 21.8 Å². The minimum absolute atomic E-state index is 0.164. The van der Waals surface area contributed by atoms with Gasteiger partial charge in [0.05, 0.1) is 0 Å². The summed E-state index contributed by atoms with van der Waals surface area (Å²) < 4.78 is 0. The molecule has 3 aliphatic rings. The average Bonchev–Trinajstić information content (AvgIpc) is 2.54. The highest BCUT2D eigenvalue weighted by atomic mass is 15.3. The van der Waals surface area contributed by atoms with E-state index in [4.69, 9.17) is 0 Å². The van der Waals surface area contributed by atoms with Crippen molar-refractivity contribution in [3.63, 3.8) is 0 Å². The van der Waals surface area contributed by atoms with Crippen LogP contribution in [0.15, 0.2) is 0 Å². The SMILES string of the molecule is CN1C(C)(C)CC(N(C2CC(C)(C)NC(C)(C)C2)C2CC(C)(C)N(C)C(C)(C)C2)CC1(C)C. The minimum atomic E-state index is 0.164. The normalized spacial score (nSPS) is 32.8. The van der Waals surface area contributed by atoms with E-state index < -0.39 is 0 Å². The van der Waals surface area contributed by atoms with Gasteiger partial charge in [0.2, 0.25) is 0 Å². The van der Waals surface area contributed by atoms with Gasteiger partial charge in [-0.05, 0) is 136 Å². The van der Waals surface area contributed by atoms with E-state index in [0.717, 1.165) is 0 Å². The molecule has 0 saturated carbocycles. The number of nitrogens with one attached hydrogen (secondary N) is 1. The van der Waals surface area contributed by atoms with Gasteiger partial charge in [-0.2, -0.15) is 0 Å². The first kappa shape index (κ1) is 27.4. The number of rotatable bonds is 3. The molecular formula is C29H58N4. The molecule has 0 atom stereocenters. The van der Waals surface area contributed by atoms with Gasteiger partial charge >= 0.3 is 0 Å². The van der Waals surface area contributed by atoms with Gasteiger partial charge in [0.1, 0.15) is 0 Å². The van der Waals surface area contributed by atoms with Gasteiger partial charge in [0.15, 0.2) is 0 Å². The van der Waals surface area contributed by atoms with Gasteiger partial charge in [0.25, 0.3) is 0 Å². The van der Waals surface area contributed by atoms with Crippen molar-refractivity contribution in [1.82, 2.24) is 20.0 Å². The largest absolute Gasteiger partial charge is 0.307 e. The van der Waals surface area contributed by atoms with Crippen molar-refractivity contribution in [3.05, 3.63) is 0 Å². The molecule has 0 aromatic rings. The fraction of sp³-hybridized carbons (Fsp3) is 1.00. The molecule has 0 amide bonds. The van der Waals surface area contributed by atoms with Crippen molar-refractivity contribution >= 4 is 0 Å². The number of piperidine rings is 3. The maximum Gasteiger partial charge on any atom is 0.0170 e. The standard InChI is InChI=1S/C29H58N4/c1-24(2)15-21(16-25(3,4)30-24)33(22-17-26(5,6)31(13)27(7,8)18-22)23-19-28(9,10)32(14)29(11,12)20-23/h21-23,30H,15-20H2,1-14H3. The van der Waals surface area contributed by atoms with Crippen molar-refractivity contribution in [2.24, 2.45) is 0 Å². The molecule has 0 spiro atoms. The van der Waals surface area contributed by atoms with Crippen LogP contribution in [-0.2, 0) is 0 Å². The van der Waals surface area contributed by atoms with Crippen LogP contribution in [0.3, 0.4) is 0 Å². The van der Waals surface area contributed by atoms with Crippen LogP contribution in [0, 0.1) is 0 Å². The van der Waals surface area contributed by atoms with Crippen LogP contribution in [0.25, 0.3) is 0 Å². The fourth-order valence-corrected chi connectivity index (χ4v) is 8.43. The molecule has 3 heterocycles. The first-order chi connectivity index (χ1) is 14.6. The van der Waals surface area contributed by atoms with Crippen LogP contribution in [0.5, 0.6) is 0 Å². The molecular weight excluding hydrogens is 404 g/mol. The zero-order valence-corrected chi connectivity index (χ0v) is 24.8. The van der Waals surface area contributed by atoms with Crippen LogP contribution in [0.1, 0.15) is 122 Å². The molecule has 3 rings (SSSR count). The van der Waals surface area contributed by atoms with Gasteiger partial charge in [-0.3, -0.25) is 14.7 Å². The molecule has 0 aromatic heterocycles. The Morgan fingerprint density at radius 3 is 1.00 bits per heavy atom. The zero-order valence-electron chi connectivity index (χ0n) is 24.8. The number of hydrogen-bond acceptors (Lipinski definition) is 4. The van der Waals surface area contributed by atoms with Gasteiger partial charge in [0, 0.05) is 51.4 Å². The van der Waals surface area contributed by atoms with E-state index in [2.05, 4.69) is 117 Å². The maximum absolute atomic E-state index is 3.96. The van der Waals surface area contributed by atoms with E-state index in [1.54, 1.807) is 0 Å². The lowest BCUT2D eigenvalue weighted by molar-refractivity contribution is -0.115. The Labute approximate surface area is 207 Å². The molecule has 3 fully saturated rings. The first-order valence-corrected chi connectivity index (χ1v) is 13.6. The molecule has 3 saturated heterocycles. The third-order valence-corrected chi connectivity index (χ3v) is 10.0. The van der Waals surface area contributed by atoms with Crippen LogP contribution in [0.2, 0.25) is 0 Å². The predicted octanol–water partition coefficient (Wildman–Crippen LogP) is 5.90. The third kappa shape index (κ3) is 5.49. The molecule has 1 N–H and O–H groups in total. The first-order valence-electron chi connectivity index (χ1n) is 13.6. The lowest BCUT2D eigenvalue weighted by Crippen LogP contribution is -2.71. The fourth-order valence-electron chi connectivity index (χ4n) is 8.43. The summed E-state index contributed by atoms with van der Waals surface area (Å²) in [5.74, 6) is 0. The quantitative estimate of drug-likeness (QED) is 0.563. The zero-order chi connectivity index (χ0) is 25.4. The Hall–Kier alpha value is -0.160. The molecule has 4 nitrogen and oxygen atoms in total. The van der Waals surface area contributed by atoms with Crippen molar-refractivity contribution in [1.29, 1.82) is 0 Å². The Balaban J connectivity index is 2.06. The monoisotopic (exact) mass is 462 g/mol. The van der Waals surface area contributed by atoms with E-state index in [0.29, 0.717) is 18.1 Å². The summed E-state index contributed by atoms with van der Waals surface area (Å²) in [7, 11) is 4.69. The lowest BCUT2D eigenvalue weighted by Gasteiger charge is -2.63. The smallest absolute Gasteiger partial charge is 0.0170 e. The molecule has 0 unspecified atom stereocenters. The van der Waals surface area contributed by atoms with E-state index in [1.165, 1.54) is 38.5 Å². The van der Waals surface area contributed by atoms with Crippen LogP contribution in [0.4, 0.5) is 0 Å². The predicted molar refractivity (Wildman–Crippen MR) is 144 cm³/mol. The molecule has 0 aromatic carbocycles.